The molecule has 2 saturated heterocycles. The molecule has 136 valence electrons. The molecule has 2 aliphatic rings. The lowest BCUT2D eigenvalue weighted by molar-refractivity contribution is -0.143. The van der Waals surface area contributed by atoms with Crippen LogP contribution < -0.4 is 0 Å². The molecular weight excluding hydrogens is 322 g/mol. The standard InChI is InChI=1S/C23H27NO2/c1-24-20-12-13-21(24)15-17(14-20)16-23(22(25)26,18-8-4-2-5-9-18)19-10-6-3-7-11-19/h2-11,17,20-21H,12-16H2,1H3,(H,25,26). The van der Waals surface area contributed by atoms with Gasteiger partial charge in [0, 0.05) is 12.1 Å². The molecule has 2 aromatic carbocycles. The van der Waals surface area contributed by atoms with Gasteiger partial charge < -0.3 is 10.0 Å². The van der Waals surface area contributed by atoms with E-state index in [0.717, 1.165) is 24.0 Å². The van der Waals surface area contributed by atoms with Crippen LogP contribution in [-0.4, -0.2) is 35.1 Å². The Hall–Kier alpha value is -2.13. The van der Waals surface area contributed by atoms with Crippen LogP contribution in [0, 0.1) is 5.92 Å². The minimum absolute atomic E-state index is 0.445. The van der Waals surface area contributed by atoms with Gasteiger partial charge >= 0.3 is 5.97 Å². The van der Waals surface area contributed by atoms with Gasteiger partial charge in [0.1, 0.15) is 5.41 Å². The first kappa shape index (κ1) is 17.3. The monoisotopic (exact) mass is 349 g/mol. The van der Waals surface area contributed by atoms with E-state index >= 15 is 0 Å². The van der Waals surface area contributed by atoms with Gasteiger partial charge in [0.05, 0.1) is 0 Å². The van der Waals surface area contributed by atoms with Gasteiger partial charge in [-0.25, -0.2) is 0 Å². The van der Waals surface area contributed by atoms with E-state index in [1.54, 1.807) is 0 Å². The smallest absolute Gasteiger partial charge is 0.318 e. The lowest BCUT2D eigenvalue weighted by atomic mass is 9.67. The number of hydrogen-bond acceptors (Lipinski definition) is 2. The second kappa shape index (κ2) is 6.88. The fourth-order valence-electron chi connectivity index (χ4n) is 5.31. The molecule has 4 rings (SSSR count). The third-order valence-corrected chi connectivity index (χ3v) is 6.69. The molecule has 0 aliphatic carbocycles. The minimum Gasteiger partial charge on any atom is -0.480 e. The summed E-state index contributed by atoms with van der Waals surface area (Å²) < 4.78 is 0. The second-order valence-electron chi connectivity index (χ2n) is 8.03. The number of carbonyl (C=O) groups is 1. The normalized spacial score (nSPS) is 26.0. The first-order valence-electron chi connectivity index (χ1n) is 9.67. The van der Waals surface area contributed by atoms with Gasteiger partial charge in [-0.1, -0.05) is 60.7 Å². The molecule has 2 fully saturated rings. The van der Waals surface area contributed by atoms with E-state index in [1.807, 2.05) is 60.7 Å². The number of fused-ring (bicyclic) bond motifs is 2. The van der Waals surface area contributed by atoms with Crippen LogP contribution in [0.1, 0.15) is 43.2 Å². The zero-order chi connectivity index (χ0) is 18.1. The van der Waals surface area contributed by atoms with Crippen LogP contribution >= 0.6 is 0 Å². The van der Waals surface area contributed by atoms with E-state index in [-0.39, 0.29) is 0 Å². The summed E-state index contributed by atoms with van der Waals surface area (Å²) in [5.41, 5.74) is 0.817. The van der Waals surface area contributed by atoms with Crippen molar-refractivity contribution in [3.63, 3.8) is 0 Å². The largest absolute Gasteiger partial charge is 0.480 e. The van der Waals surface area contributed by atoms with Crippen LogP contribution in [0.25, 0.3) is 0 Å². The van der Waals surface area contributed by atoms with Gasteiger partial charge in [-0.15, -0.1) is 0 Å². The molecule has 0 amide bonds. The van der Waals surface area contributed by atoms with Crippen molar-refractivity contribution in [3.8, 4) is 0 Å². The summed E-state index contributed by atoms with van der Waals surface area (Å²) in [6.07, 6.45) is 5.42. The van der Waals surface area contributed by atoms with Crippen molar-refractivity contribution in [3.05, 3.63) is 71.8 Å². The Morgan fingerprint density at radius 1 is 0.962 bits per heavy atom. The van der Waals surface area contributed by atoms with Crippen molar-refractivity contribution in [2.45, 2.75) is 49.6 Å². The van der Waals surface area contributed by atoms with Gasteiger partial charge in [0.25, 0.3) is 0 Å². The Morgan fingerprint density at radius 2 is 1.42 bits per heavy atom. The SMILES string of the molecule is CN1C2CCC1CC(CC(C(=O)O)(c1ccccc1)c1ccccc1)C2. The highest BCUT2D eigenvalue weighted by Crippen LogP contribution is 2.45. The van der Waals surface area contributed by atoms with Gasteiger partial charge in [-0.3, -0.25) is 4.79 Å². The highest BCUT2D eigenvalue weighted by Gasteiger charge is 2.47. The predicted octanol–water partition coefficient (Wildman–Crippen LogP) is 4.32. The lowest BCUT2D eigenvalue weighted by Crippen LogP contribution is -2.44. The molecule has 0 radical (unpaired) electrons. The summed E-state index contributed by atoms with van der Waals surface area (Å²) in [7, 11) is 2.23. The van der Waals surface area contributed by atoms with Crippen LogP contribution in [0.15, 0.2) is 60.7 Å². The van der Waals surface area contributed by atoms with Gasteiger partial charge in [0.15, 0.2) is 0 Å². The Labute approximate surface area is 155 Å². The van der Waals surface area contributed by atoms with Crippen molar-refractivity contribution in [1.82, 2.24) is 4.90 Å². The third kappa shape index (κ3) is 2.84. The molecule has 2 aromatic rings. The van der Waals surface area contributed by atoms with Gasteiger partial charge in [-0.05, 0) is 56.2 Å². The number of carboxylic acids is 1. The number of piperidine rings is 1. The van der Waals surface area contributed by atoms with E-state index in [0.29, 0.717) is 24.4 Å². The summed E-state index contributed by atoms with van der Waals surface area (Å²) in [4.78, 5) is 15.2. The Bertz CT molecular complexity index is 705. The molecule has 0 saturated carbocycles. The maximum absolute atomic E-state index is 12.7. The van der Waals surface area contributed by atoms with E-state index in [9.17, 15) is 9.90 Å². The summed E-state index contributed by atoms with van der Waals surface area (Å²) in [5.74, 6) is -0.290. The summed E-state index contributed by atoms with van der Waals surface area (Å²) in [6, 6.07) is 20.9. The molecule has 0 spiro atoms. The Balaban J connectivity index is 1.75. The Kier molecular flexibility index (Phi) is 4.58. The van der Waals surface area contributed by atoms with Crippen LogP contribution in [-0.2, 0) is 10.2 Å². The first-order chi connectivity index (χ1) is 12.6. The zero-order valence-corrected chi connectivity index (χ0v) is 15.3. The average molecular weight is 349 g/mol. The third-order valence-electron chi connectivity index (χ3n) is 6.69. The van der Waals surface area contributed by atoms with E-state index in [4.69, 9.17) is 0 Å². The molecule has 2 atom stereocenters. The molecule has 2 heterocycles. The number of hydrogen-bond donors (Lipinski definition) is 1. The number of rotatable bonds is 5. The van der Waals surface area contributed by atoms with Crippen molar-refractivity contribution in [1.29, 1.82) is 0 Å². The van der Waals surface area contributed by atoms with Gasteiger partial charge in [0.2, 0.25) is 0 Å². The molecular formula is C23H27NO2. The zero-order valence-electron chi connectivity index (χ0n) is 15.3. The van der Waals surface area contributed by atoms with E-state index < -0.39 is 11.4 Å². The minimum atomic E-state index is -0.970. The fraction of sp³-hybridized carbons (Fsp3) is 0.435. The maximum Gasteiger partial charge on any atom is 0.318 e. The predicted molar refractivity (Wildman–Crippen MR) is 103 cm³/mol. The molecule has 2 unspecified atom stereocenters. The van der Waals surface area contributed by atoms with Crippen molar-refractivity contribution in [2.24, 2.45) is 5.92 Å². The molecule has 3 heteroatoms. The summed E-state index contributed by atoms with van der Waals surface area (Å²) in [5, 5.41) is 10.5. The van der Waals surface area contributed by atoms with Crippen LogP contribution in [0.4, 0.5) is 0 Å². The number of nitrogens with zero attached hydrogens (tertiary/aromatic N) is 1. The number of benzene rings is 2. The molecule has 0 aromatic heterocycles. The van der Waals surface area contributed by atoms with Crippen LogP contribution in [0.3, 0.4) is 0 Å². The molecule has 2 aliphatic heterocycles. The number of carboxylic acid groups (broad SMARTS) is 1. The van der Waals surface area contributed by atoms with Gasteiger partial charge in [-0.2, -0.15) is 0 Å². The lowest BCUT2D eigenvalue weighted by Gasteiger charge is -2.41. The molecule has 2 bridgehead atoms. The topological polar surface area (TPSA) is 40.5 Å². The molecule has 3 nitrogen and oxygen atoms in total. The van der Waals surface area contributed by atoms with E-state index in [2.05, 4.69) is 11.9 Å². The second-order valence-corrected chi connectivity index (χ2v) is 8.03. The maximum atomic E-state index is 12.7. The van der Waals surface area contributed by atoms with Crippen molar-refractivity contribution >= 4 is 5.97 Å². The van der Waals surface area contributed by atoms with Crippen LogP contribution in [0.2, 0.25) is 0 Å². The van der Waals surface area contributed by atoms with Crippen LogP contribution in [0.5, 0.6) is 0 Å². The van der Waals surface area contributed by atoms with Crippen molar-refractivity contribution < 1.29 is 9.90 Å². The summed E-state index contributed by atoms with van der Waals surface area (Å²) in [6.45, 7) is 0. The number of aliphatic carboxylic acids is 1. The van der Waals surface area contributed by atoms with E-state index in [1.165, 1.54) is 12.8 Å². The highest BCUT2D eigenvalue weighted by molar-refractivity contribution is 5.86. The molecule has 26 heavy (non-hydrogen) atoms. The fourth-order valence-corrected chi connectivity index (χ4v) is 5.31. The first-order valence-corrected chi connectivity index (χ1v) is 9.67. The van der Waals surface area contributed by atoms with Crippen molar-refractivity contribution in [2.75, 3.05) is 7.05 Å². The molecule has 1 N–H and O–H groups in total. The quantitative estimate of drug-likeness (QED) is 0.874. The highest BCUT2D eigenvalue weighted by atomic mass is 16.4. The summed E-state index contributed by atoms with van der Waals surface area (Å²) >= 11 is 0. The Morgan fingerprint density at radius 3 is 1.85 bits per heavy atom. The average Bonchev–Trinajstić information content (AvgIpc) is 2.88.